The minimum atomic E-state index is -0.489. The van der Waals surface area contributed by atoms with Crippen LogP contribution < -0.4 is 0 Å². The summed E-state index contributed by atoms with van der Waals surface area (Å²) in [7, 11) is 0. The van der Waals surface area contributed by atoms with E-state index >= 15 is 0 Å². The van der Waals surface area contributed by atoms with Gasteiger partial charge in [-0.25, -0.2) is 4.98 Å². The summed E-state index contributed by atoms with van der Waals surface area (Å²) in [5.41, 5.74) is 0.588. The maximum absolute atomic E-state index is 10.8. The quantitative estimate of drug-likeness (QED) is 0.877. The lowest BCUT2D eigenvalue weighted by Gasteiger charge is -2.39. The Kier molecular flexibility index (Phi) is 3.65. The van der Waals surface area contributed by atoms with Gasteiger partial charge in [-0.2, -0.15) is 0 Å². The van der Waals surface area contributed by atoms with Gasteiger partial charge >= 0.3 is 0 Å². The minimum absolute atomic E-state index is 0.463. The van der Waals surface area contributed by atoms with E-state index in [4.69, 9.17) is 0 Å². The van der Waals surface area contributed by atoms with Gasteiger partial charge in [0.1, 0.15) is 0 Å². The molecule has 0 amide bonds. The summed E-state index contributed by atoms with van der Waals surface area (Å²) in [4.78, 5) is 4.48. The summed E-state index contributed by atoms with van der Waals surface area (Å²) in [5.74, 6) is 0.463. The smallest absolute Gasteiger partial charge is 0.0956 e. The molecule has 0 radical (unpaired) electrons. The molecule has 1 heterocycles. The molecule has 0 saturated heterocycles. The summed E-state index contributed by atoms with van der Waals surface area (Å²) in [6.45, 7) is 4.20. The van der Waals surface area contributed by atoms with Crippen LogP contribution in [-0.2, 0) is 6.42 Å². The second-order valence-corrected chi connectivity index (χ2v) is 5.96. The van der Waals surface area contributed by atoms with Gasteiger partial charge in [0.25, 0.3) is 0 Å². The van der Waals surface area contributed by atoms with Crippen molar-refractivity contribution in [3.8, 4) is 0 Å². The number of aliphatic hydroxyl groups is 1. The van der Waals surface area contributed by atoms with Gasteiger partial charge in [-0.05, 0) is 25.7 Å². The standard InChI is InChI=1S/C13H21NOS/c1-3-11-6-4-5-7-13(11,15)8-12-14-10(2)9-16-12/h9,11,15H,3-8H2,1-2H3. The zero-order chi connectivity index (χ0) is 11.6. The number of hydrogen-bond donors (Lipinski definition) is 1. The first-order chi connectivity index (χ1) is 7.64. The molecule has 1 aromatic heterocycles. The molecule has 2 rings (SSSR count). The van der Waals surface area contributed by atoms with E-state index in [1.54, 1.807) is 11.3 Å². The molecule has 2 nitrogen and oxygen atoms in total. The molecular formula is C13H21NOS. The fourth-order valence-corrected chi connectivity index (χ4v) is 3.75. The van der Waals surface area contributed by atoms with Crippen molar-refractivity contribution in [2.75, 3.05) is 0 Å². The van der Waals surface area contributed by atoms with Crippen molar-refractivity contribution in [1.29, 1.82) is 0 Å². The zero-order valence-corrected chi connectivity index (χ0v) is 11.0. The maximum atomic E-state index is 10.8. The number of rotatable bonds is 3. The van der Waals surface area contributed by atoms with Crippen molar-refractivity contribution in [3.63, 3.8) is 0 Å². The average molecular weight is 239 g/mol. The van der Waals surface area contributed by atoms with E-state index in [-0.39, 0.29) is 0 Å². The Hall–Kier alpha value is -0.410. The molecule has 1 fully saturated rings. The van der Waals surface area contributed by atoms with E-state index in [0.29, 0.717) is 5.92 Å². The molecule has 2 unspecified atom stereocenters. The first-order valence-electron chi connectivity index (χ1n) is 6.27. The van der Waals surface area contributed by atoms with Crippen LogP contribution in [0, 0.1) is 12.8 Å². The summed E-state index contributed by atoms with van der Waals surface area (Å²) in [6.07, 6.45) is 6.40. The third kappa shape index (κ3) is 2.46. The van der Waals surface area contributed by atoms with Gasteiger partial charge in [0.05, 0.1) is 10.6 Å². The molecule has 0 bridgehead atoms. The van der Waals surface area contributed by atoms with Crippen molar-refractivity contribution in [2.24, 2.45) is 5.92 Å². The Bertz CT molecular complexity index is 349. The van der Waals surface area contributed by atoms with Crippen LogP contribution in [0.1, 0.15) is 49.7 Å². The molecule has 1 aliphatic rings. The lowest BCUT2D eigenvalue weighted by atomic mass is 9.72. The molecule has 0 aliphatic heterocycles. The number of aromatic nitrogens is 1. The van der Waals surface area contributed by atoms with Crippen LogP contribution >= 0.6 is 11.3 Å². The van der Waals surface area contributed by atoms with Gasteiger partial charge in [0, 0.05) is 17.5 Å². The van der Waals surface area contributed by atoms with Crippen LogP contribution in [0.25, 0.3) is 0 Å². The lowest BCUT2D eigenvalue weighted by Crippen LogP contribution is -2.42. The second-order valence-electron chi connectivity index (χ2n) is 5.01. The second kappa shape index (κ2) is 4.84. The summed E-state index contributed by atoms with van der Waals surface area (Å²) >= 11 is 1.68. The number of nitrogens with zero attached hydrogens (tertiary/aromatic N) is 1. The van der Waals surface area contributed by atoms with Crippen molar-refractivity contribution in [3.05, 3.63) is 16.1 Å². The highest BCUT2D eigenvalue weighted by molar-refractivity contribution is 7.09. The number of thiazole rings is 1. The topological polar surface area (TPSA) is 33.1 Å². The third-order valence-corrected chi connectivity index (χ3v) is 4.76. The maximum Gasteiger partial charge on any atom is 0.0956 e. The zero-order valence-electron chi connectivity index (χ0n) is 10.2. The highest BCUT2D eigenvalue weighted by Crippen LogP contribution is 2.38. The first kappa shape index (κ1) is 12.1. The van der Waals surface area contributed by atoms with Gasteiger partial charge in [-0.3, -0.25) is 0 Å². The van der Waals surface area contributed by atoms with Crippen molar-refractivity contribution in [1.82, 2.24) is 4.98 Å². The van der Waals surface area contributed by atoms with E-state index in [0.717, 1.165) is 36.4 Å². The Morgan fingerprint density at radius 1 is 1.56 bits per heavy atom. The fourth-order valence-electron chi connectivity index (χ4n) is 2.86. The first-order valence-corrected chi connectivity index (χ1v) is 7.15. The third-order valence-electron chi connectivity index (χ3n) is 3.79. The SMILES string of the molecule is CCC1CCCCC1(O)Cc1nc(C)cs1. The molecular weight excluding hydrogens is 218 g/mol. The van der Waals surface area contributed by atoms with Crippen LogP contribution in [0.4, 0.5) is 0 Å². The van der Waals surface area contributed by atoms with Gasteiger partial charge in [0.2, 0.25) is 0 Å². The molecule has 2 atom stereocenters. The monoisotopic (exact) mass is 239 g/mol. The Labute approximate surface area is 102 Å². The van der Waals surface area contributed by atoms with E-state index in [1.807, 2.05) is 6.92 Å². The van der Waals surface area contributed by atoms with E-state index in [1.165, 1.54) is 12.8 Å². The molecule has 1 N–H and O–H groups in total. The number of aryl methyl sites for hydroxylation is 1. The van der Waals surface area contributed by atoms with Crippen LogP contribution in [0.2, 0.25) is 0 Å². The van der Waals surface area contributed by atoms with Gasteiger partial charge in [-0.15, -0.1) is 11.3 Å². The lowest BCUT2D eigenvalue weighted by molar-refractivity contribution is -0.0491. The van der Waals surface area contributed by atoms with Crippen LogP contribution in [0.5, 0.6) is 0 Å². The molecule has 0 aromatic carbocycles. The van der Waals surface area contributed by atoms with Crippen LogP contribution in [-0.4, -0.2) is 15.7 Å². The predicted molar refractivity (Wildman–Crippen MR) is 67.8 cm³/mol. The van der Waals surface area contributed by atoms with Crippen molar-refractivity contribution in [2.45, 2.75) is 58.0 Å². The molecule has 1 aromatic rings. The molecule has 90 valence electrons. The highest BCUT2D eigenvalue weighted by atomic mass is 32.1. The molecule has 1 saturated carbocycles. The predicted octanol–water partition coefficient (Wildman–Crippen LogP) is 3.33. The highest BCUT2D eigenvalue weighted by Gasteiger charge is 2.38. The van der Waals surface area contributed by atoms with Gasteiger partial charge in [0.15, 0.2) is 0 Å². The van der Waals surface area contributed by atoms with Gasteiger partial charge < -0.3 is 5.11 Å². The van der Waals surface area contributed by atoms with E-state index in [2.05, 4.69) is 17.3 Å². The Morgan fingerprint density at radius 2 is 2.38 bits per heavy atom. The Balaban J connectivity index is 2.10. The van der Waals surface area contributed by atoms with Gasteiger partial charge in [-0.1, -0.05) is 26.2 Å². The Morgan fingerprint density at radius 3 is 3.00 bits per heavy atom. The number of hydrogen-bond acceptors (Lipinski definition) is 3. The van der Waals surface area contributed by atoms with Crippen LogP contribution in [0.15, 0.2) is 5.38 Å². The van der Waals surface area contributed by atoms with E-state index < -0.39 is 5.60 Å². The average Bonchev–Trinajstić information content (AvgIpc) is 2.64. The molecule has 3 heteroatoms. The van der Waals surface area contributed by atoms with Crippen molar-refractivity contribution >= 4 is 11.3 Å². The van der Waals surface area contributed by atoms with E-state index in [9.17, 15) is 5.11 Å². The summed E-state index contributed by atoms with van der Waals surface area (Å²) in [5, 5.41) is 13.9. The summed E-state index contributed by atoms with van der Waals surface area (Å²) in [6, 6.07) is 0. The molecule has 0 spiro atoms. The summed E-state index contributed by atoms with van der Waals surface area (Å²) < 4.78 is 0. The normalized spacial score (nSPS) is 30.6. The van der Waals surface area contributed by atoms with Crippen LogP contribution in [0.3, 0.4) is 0 Å². The molecule has 1 aliphatic carbocycles. The molecule has 16 heavy (non-hydrogen) atoms. The largest absolute Gasteiger partial charge is 0.389 e. The fraction of sp³-hybridized carbons (Fsp3) is 0.769. The van der Waals surface area contributed by atoms with Crippen molar-refractivity contribution < 1.29 is 5.11 Å². The minimum Gasteiger partial charge on any atom is -0.389 e.